The number of hydrogen-bond donors (Lipinski definition) is 1. The molecule has 1 atom stereocenters. The number of ether oxygens (including phenoxy) is 1. The van der Waals surface area contributed by atoms with Crippen LogP contribution in [0, 0.1) is 5.92 Å². The van der Waals surface area contributed by atoms with Gasteiger partial charge in [-0.25, -0.2) is 0 Å². The normalized spacial score (nSPS) is 16.2. The lowest BCUT2D eigenvalue weighted by molar-refractivity contribution is 0.131. The lowest BCUT2D eigenvalue weighted by Gasteiger charge is -2.25. The summed E-state index contributed by atoms with van der Waals surface area (Å²) in [6, 6.07) is 6.81. The first kappa shape index (κ1) is 15.8. The van der Waals surface area contributed by atoms with Gasteiger partial charge in [0, 0.05) is 36.4 Å². The van der Waals surface area contributed by atoms with E-state index in [-0.39, 0.29) is 0 Å². The second-order valence-electron chi connectivity index (χ2n) is 5.65. The van der Waals surface area contributed by atoms with Crippen molar-refractivity contribution in [2.24, 2.45) is 5.92 Å². The third-order valence-corrected chi connectivity index (χ3v) is 4.42. The lowest BCUT2D eigenvalue weighted by atomic mass is 10.1. The Labute approximate surface area is 130 Å². The van der Waals surface area contributed by atoms with Gasteiger partial charge in [0.2, 0.25) is 0 Å². The van der Waals surface area contributed by atoms with Crippen molar-refractivity contribution in [3.63, 3.8) is 0 Å². The molecule has 0 heterocycles. The molecule has 0 spiro atoms. The van der Waals surface area contributed by atoms with Crippen LogP contribution in [0.3, 0.4) is 0 Å². The summed E-state index contributed by atoms with van der Waals surface area (Å²) >= 11 is 3.57. The topological polar surface area (TPSA) is 24.5 Å². The fraction of sp³-hybridized carbons (Fsp3) is 0.625. The predicted molar refractivity (Wildman–Crippen MR) is 88.4 cm³/mol. The third-order valence-electron chi connectivity index (χ3n) is 3.92. The van der Waals surface area contributed by atoms with E-state index in [1.807, 2.05) is 7.05 Å². The van der Waals surface area contributed by atoms with Crippen molar-refractivity contribution in [3.05, 3.63) is 28.2 Å². The molecule has 1 aliphatic rings. The summed E-state index contributed by atoms with van der Waals surface area (Å²) in [7, 11) is 4.13. The first-order valence-electron chi connectivity index (χ1n) is 7.37. The summed E-state index contributed by atoms with van der Waals surface area (Å²) in [5.41, 5.74) is 2.58. The van der Waals surface area contributed by atoms with Crippen molar-refractivity contribution in [2.75, 3.05) is 38.8 Å². The number of hydrogen-bond acceptors (Lipinski definition) is 3. The largest absolute Gasteiger partial charge is 0.379 e. The molecule has 1 saturated carbocycles. The molecule has 1 unspecified atom stereocenters. The smallest absolute Gasteiger partial charge is 0.0641 e. The summed E-state index contributed by atoms with van der Waals surface area (Å²) in [6.45, 7) is 4.84. The van der Waals surface area contributed by atoms with Crippen LogP contribution in [-0.4, -0.2) is 33.9 Å². The van der Waals surface area contributed by atoms with E-state index in [9.17, 15) is 0 Å². The molecule has 1 aromatic carbocycles. The minimum Gasteiger partial charge on any atom is -0.379 e. The van der Waals surface area contributed by atoms with E-state index in [4.69, 9.17) is 4.74 Å². The molecule has 0 saturated heterocycles. The molecule has 0 aliphatic heterocycles. The standard InChI is InChI=1S/C16H25BrN2O/c1-12(18-2)15-7-6-14(17)10-16(15)19(3)8-9-20-11-13-4-5-13/h6-7,10,12-13,18H,4-5,8-9,11H2,1-3H3. The van der Waals surface area contributed by atoms with Gasteiger partial charge in [0.1, 0.15) is 0 Å². The monoisotopic (exact) mass is 340 g/mol. The highest BCUT2D eigenvalue weighted by Crippen LogP contribution is 2.30. The fourth-order valence-corrected chi connectivity index (χ4v) is 2.57. The Hall–Kier alpha value is -0.580. The highest BCUT2D eigenvalue weighted by molar-refractivity contribution is 9.10. The average molecular weight is 341 g/mol. The molecule has 112 valence electrons. The Bertz CT molecular complexity index is 434. The van der Waals surface area contributed by atoms with E-state index in [0.717, 1.165) is 30.1 Å². The van der Waals surface area contributed by atoms with Gasteiger partial charge < -0.3 is 15.0 Å². The molecule has 1 aliphatic carbocycles. The van der Waals surface area contributed by atoms with Gasteiger partial charge in [0.15, 0.2) is 0 Å². The maximum Gasteiger partial charge on any atom is 0.0641 e. The zero-order valence-electron chi connectivity index (χ0n) is 12.7. The van der Waals surface area contributed by atoms with Crippen molar-refractivity contribution in [1.29, 1.82) is 0 Å². The second kappa shape index (κ2) is 7.43. The number of halogens is 1. The Kier molecular flexibility index (Phi) is 5.87. The first-order valence-corrected chi connectivity index (χ1v) is 8.16. The summed E-state index contributed by atoms with van der Waals surface area (Å²) in [5, 5.41) is 3.31. The van der Waals surface area contributed by atoms with E-state index in [1.165, 1.54) is 24.1 Å². The van der Waals surface area contributed by atoms with E-state index >= 15 is 0 Å². The van der Waals surface area contributed by atoms with Gasteiger partial charge in [-0.15, -0.1) is 0 Å². The fourth-order valence-electron chi connectivity index (χ4n) is 2.23. The zero-order valence-corrected chi connectivity index (χ0v) is 14.2. The molecule has 4 heteroatoms. The van der Waals surface area contributed by atoms with Crippen LogP contribution >= 0.6 is 15.9 Å². The maximum atomic E-state index is 5.74. The molecule has 3 nitrogen and oxygen atoms in total. The van der Waals surface area contributed by atoms with Gasteiger partial charge in [0.25, 0.3) is 0 Å². The molecule has 0 aromatic heterocycles. The molecular weight excluding hydrogens is 316 g/mol. The van der Waals surface area contributed by atoms with E-state index < -0.39 is 0 Å². The molecule has 1 fully saturated rings. The number of benzene rings is 1. The van der Waals surface area contributed by atoms with E-state index in [2.05, 4.69) is 58.3 Å². The summed E-state index contributed by atoms with van der Waals surface area (Å²) < 4.78 is 6.85. The minimum atomic E-state index is 0.341. The predicted octanol–water partition coefficient (Wildman–Crippen LogP) is 3.59. The first-order chi connectivity index (χ1) is 9.61. The van der Waals surface area contributed by atoms with Gasteiger partial charge in [-0.1, -0.05) is 22.0 Å². The SMILES string of the molecule is CNC(C)c1ccc(Br)cc1N(C)CCOCC1CC1. The quantitative estimate of drug-likeness (QED) is 0.732. The Morgan fingerprint density at radius 1 is 1.45 bits per heavy atom. The molecule has 0 amide bonds. The van der Waals surface area contributed by atoms with Gasteiger partial charge in [-0.2, -0.15) is 0 Å². The minimum absolute atomic E-state index is 0.341. The van der Waals surface area contributed by atoms with Crippen molar-refractivity contribution in [1.82, 2.24) is 5.32 Å². The highest BCUT2D eigenvalue weighted by atomic mass is 79.9. The van der Waals surface area contributed by atoms with Gasteiger partial charge in [-0.05, 0) is 50.4 Å². The van der Waals surface area contributed by atoms with Crippen molar-refractivity contribution < 1.29 is 4.74 Å². The van der Waals surface area contributed by atoms with Crippen LogP contribution < -0.4 is 10.2 Å². The molecule has 0 bridgehead atoms. The molecule has 20 heavy (non-hydrogen) atoms. The van der Waals surface area contributed by atoms with Crippen LogP contribution in [0.2, 0.25) is 0 Å². The Balaban J connectivity index is 1.95. The molecular formula is C16H25BrN2O. The van der Waals surface area contributed by atoms with Crippen LogP contribution in [0.15, 0.2) is 22.7 Å². The van der Waals surface area contributed by atoms with Gasteiger partial charge in [0.05, 0.1) is 6.61 Å². The van der Waals surface area contributed by atoms with Crippen LogP contribution in [0.25, 0.3) is 0 Å². The van der Waals surface area contributed by atoms with Crippen LogP contribution in [0.1, 0.15) is 31.4 Å². The number of nitrogens with one attached hydrogen (secondary N) is 1. The summed E-state index contributed by atoms with van der Waals surface area (Å²) in [4.78, 5) is 2.28. The summed E-state index contributed by atoms with van der Waals surface area (Å²) in [6.07, 6.45) is 2.70. The Morgan fingerprint density at radius 3 is 2.85 bits per heavy atom. The van der Waals surface area contributed by atoms with Crippen LogP contribution in [-0.2, 0) is 4.74 Å². The molecule has 2 rings (SSSR count). The molecule has 1 aromatic rings. The number of nitrogens with zero attached hydrogens (tertiary/aromatic N) is 1. The second-order valence-corrected chi connectivity index (χ2v) is 6.57. The van der Waals surface area contributed by atoms with Crippen molar-refractivity contribution in [3.8, 4) is 0 Å². The van der Waals surface area contributed by atoms with E-state index in [0.29, 0.717) is 6.04 Å². The average Bonchev–Trinajstić information content (AvgIpc) is 3.26. The number of likely N-dealkylation sites (N-methyl/N-ethyl adjacent to an activating group) is 1. The number of anilines is 1. The molecule has 0 radical (unpaired) electrons. The third kappa shape index (κ3) is 4.47. The van der Waals surface area contributed by atoms with Gasteiger partial charge in [-0.3, -0.25) is 0 Å². The highest BCUT2D eigenvalue weighted by Gasteiger charge is 2.21. The maximum absolute atomic E-state index is 5.74. The lowest BCUT2D eigenvalue weighted by Crippen LogP contribution is -2.25. The van der Waals surface area contributed by atoms with Crippen LogP contribution in [0.5, 0.6) is 0 Å². The Morgan fingerprint density at radius 2 is 2.20 bits per heavy atom. The van der Waals surface area contributed by atoms with Crippen molar-refractivity contribution in [2.45, 2.75) is 25.8 Å². The molecule has 1 N–H and O–H groups in total. The summed E-state index contributed by atoms with van der Waals surface area (Å²) in [5.74, 6) is 0.839. The van der Waals surface area contributed by atoms with Crippen molar-refractivity contribution >= 4 is 21.6 Å². The van der Waals surface area contributed by atoms with E-state index in [1.54, 1.807) is 0 Å². The van der Waals surface area contributed by atoms with Gasteiger partial charge >= 0.3 is 0 Å². The zero-order chi connectivity index (χ0) is 14.5. The number of rotatable bonds is 8. The van der Waals surface area contributed by atoms with Crippen LogP contribution in [0.4, 0.5) is 5.69 Å².